The highest BCUT2D eigenvalue weighted by Crippen LogP contribution is 1.93. The van der Waals surface area contributed by atoms with Crippen LogP contribution in [0.2, 0.25) is 0 Å². The van der Waals surface area contributed by atoms with Crippen LogP contribution in [0.3, 0.4) is 0 Å². The largest absolute Gasteiger partial charge is 0.349 e. The van der Waals surface area contributed by atoms with Crippen molar-refractivity contribution in [2.24, 2.45) is 5.73 Å². The average molecular weight is 194 g/mol. The summed E-state index contributed by atoms with van der Waals surface area (Å²) in [4.78, 5) is 19.3. The number of hydrogen-bond acceptors (Lipinski definition) is 4. The van der Waals surface area contributed by atoms with Crippen LogP contribution in [-0.2, 0) is 0 Å². The van der Waals surface area contributed by atoms with Crippen molar-refractivity contribution >= 4 is 5.91 Å². The number of nitrogens with two attached hydrogens (primary N) is 1. The van der Waals surface area contributed by atoms with Crippen LogP contribution in [0.4, 0.5) is 0 Å². The molecule has 0 aliphatic heterocycles. The van der Waals surface area contributed by atoms with E-state index in [9.17, 15) is 4.79 Å². The minimum Gasteiger partial charge on any atom is -0.349 e. The smallest absolute Gasteiger partial charge is 0.271 e. The Labute approximate surface area is 82.7 Å². The number of carbonyl (C=O) groups is 1. The van der Waals surface area contributed by atoms with E-state index in [1.165, 1.54) is 6.20 Å². The highest BCUT2D eigenvalue weighted by atomic mass is 16.1. The molecule has 0 fully saturated rings. The summed E-state index contributed by atoms with van der Waals surface area (Å²) in [7, 11) is 0. The molecule has 0 aliphatic rings. The number of aromatic nitrogens is 2. The van der Waals surface area contributed by atoms with Crippen LogP contribution in [0.1, 0.15) is 23.1 Å². The number of amides is 1. The third-order valence-corrected chi connectivity index (χ3v) is 1.60. The highest BCUT2D eigenvalue weighted by Gasteiger charge is 2.06. The van der Waals surface area contributed by atoms with E-state index in [0.717, 1.165) is 5.69 Å². The molecule has 1 rings (SSSR count). The first-order valence-electron chi connectivity index (χ1n) is 4.42. The van der Waals surface area contributed by atoms with Crippen molar-refractivity contribution in [3.63, 3.8) is 0 Å². The van der Waals surface area contributed by atoms with Crippen LogP contribution >= 0.6 is 0 Å². The van der Waals surface area contributed by atoms with Crippen molar-refractivity contribution in [1.82, 2.24) is 15.3 Å². The fraction of sp³-hybridized carbons (Fsp3) is 0.444. The molecular weight excluding hydrogens is 180 g/mol. The Morgan fingerprint density at radius 1 is 1.57 bits per heavy atom. The van der Waals surface area contributed by atoms with E-state index in [2.05, 4.69) is 15.3 Å². The zero-order valence-electron chi connectivity index (χ0n) is 8.32. The van der Waals surface area contributed by atoms with Gasteiger partial charge in [-0.05, 0) is 13.8 Å². The van der Waals surface area contributed by atoms with Crippen LogP contribution in [0, 0.1) is 6.92 Å². The molecule has 14 heavy (non-hydrogen) atoms. The quantitative estimate of drug-likeness (QED) is 0.702. The molecule has 0 saturated heterocycles. The Morgan fingerprint density at radius 3 is 2.79 bits per heavy atom. The molecule has 1 unspecified atom stereocenters. The summed E-state index contributed by atoms with van der Waals surface area (Å²) in [6.45, 7) is 4.08. The van der Waals surface area contributed by atoms with E-state index in [0.29, 0.717) is 12.2 Å². The van der Waals surface area contributed by atoms with Gasteiger partial charge < -0.3 is 11.1 Å². The van der Waals surface area contributed by atoms with Gasteiger partial charge in [0.25, 0.3) is 5.91 Å². The van der Waals surface area contributed by atoms with Gasteiger partial charge in [0, 0.05) is 18.8 Å². The van der Waals surface area contributed by atoms with E-state index in [1.54, 1.807) is 6.20 Å². The first-order valence-corrected chi connectivity index (χ1v) is 4.42. The molecule has 76 valence electrons. The maximum absolute atomic E-state index is 11.4. The molecule has 1 heterocycles. The lowest BCUT2D eigenvalue weighted by molar-refractivity contribution is 0.0946. The second-order valence-electron chi connectivity index (χ2n) is 3.23. The lowest BCUT2D eigenvalue weighted by Gasteiger charge is -2.06. The summed E-state index contributed by atoms with van der Waals surface area (Å²) in [5.74, 6) is -0.241. The summed E-state index contributed by atoms with van der Waals surface area (Å²) in [6.07, 6.45) is 3.01. The predicted molar refractivity (Wildman–Crippen MR) is 52.8 cm³/mol. The lowest BCUT2D eigenvalue weighted by atomic mass is 10.3. The number of carbonyl (C=O) groups excluding carboxylic acids is 1. The Kier molecular flexibility index (Phi) is 3.53. The summed E-state index contributed by atoms with van der Waals surface area (Å²) in [6, 6.07) is -0.0580. The fourth-order valence-corrected chi connectivity index (χ4v) is 0.854. The Balaban J connectivity index is 2.57. The number of nitrogens with zero attached hydrogens (tertiary/aromatic N) is 2. The average Bonchev–Trinajstić information content (AvgIpc) is 2.15. The zero-order valence-corrected chi connectivity index (χ0v) is 8.32. The van der Waals surface area contributed by atoms with Gasteiger partial charge >= 0.3 is 0 Å². The van der Waals surface area contributed by atoms with Gasteiger partial charge in [-0.25, -0.2) is 4.98 Å². The van der Waals surface area contributed by atoms with E-state index in [-0.39, 0.29) is 11.9 Å². The molecule has 1 atom stereocenters. The maximum atomic E-state index is 11.4. The Hall–Kier alpha value is -1.49. The molecule has 0 radical (unpaired) electrons. The molecule has 0 saturated carbocycles. The number of rotatable bonds is 3. The molecule has 5 heteroatoms. The van der Waals surface area contributed by atoms with Crippen LogP contribution in [-0.4, -0.2) is 28.5 Å². The summed E-state index contributed by atoms with van der Waals surface area (Å²) in [5.41, 5.74) is 6.59. The first-order chi connectivity index (χ1) is 6.59. The maximum Gasteiger partial charge on any atom is 0.271 e. The van der Waals surface area contributed by atoms with Crippen LogP contribution in [0.15, 0.2) is 12.4 Å². The van der Waals surface area contributed by atoms with E-state index < -0.39 is 0 Å². The molecule has 0 aliphatic carbocycles. The zero-order chi connectivity index (χ0) is 10.6. The van der Waals surface area contributed by atoms with Crippen LogP contribution < -0.4 is 11.1 Å². The fourth-order valence-electron chi connectivity index (χ4n) is 0.854. The molecular formula is C9H14N4O. The number of aryl methyl sites for hydroxylation is 1. The minimum atomic E-state index is -0.241. The highest BCUT2D eigenvalue weighted by molar-refractivity contribution is 5.91. The molecule has 5 nitrogen and oxygen atoms in total. The topological polar surface area (TPSA) is 80.9 Å². The Bertz CT molecular complexity index is 307. The standard InChI is InChI=1S/C9H14N4O/c1-6(10)3-13-9(14)8-5-11-7(2)4-12-8/h4-6H,3,10H2,1-2H3,(H,13,14). The molecule has 3 N–H and O–H groups in total. The van der Waals surface area contributed by atoms with Gasteiger partial charge in [0.05, 0.1) is 11.9 Å². The molecule has 1 amide bonds. The van der Waals surface area contributed by atoms with Gasteiger partial charge in [-0.1, -0.05) is 0 Å². The van der Waals surface area contributed by atoms with Gasteiger partial charge in [-0.2, -0.15) is 0 Å². The SMILES string of the molecule is Cc1cnc(C(=O)NCC(C)N)cn1. The van der Waals surface area contributed by atoms with Crippen molar-refractivity contribution in [3.8, 4) is 0 Å². The molecule has 0 bridgehead atoms. The van der Waals surface area contributed by atoms with Crippen molar-refractivity contribution < 1.29 is 4.79 Å². The van der Waals surface area contributed by atoms with E-state index >= 15 is 0 Å². The normalized spacial score (nSPS) is 12.2. The van der Waals surface area contributed by atoms with Crippen LogP contribution in [0.25, 0.3) is 0 Å². The molecule has 0 aromatic carbocycles. The second-order valence-corrected chi connectivity index (χ2v) is 3.23. The second kappa shape index (κ2) is 4.66. The molecule has 1 aromatic rings. The van der Waals surface area contributed by atoms with Crippen molar-refractivity contribution in [2.75, 3.05) is 6.54 Å². The van der Waals surface area contributed by atoms with E-state index in [4.69, 9.17) is 5.73 Å². The van der Waals surface area contributed by atoms with Gasteiger partial charge in [0.15, 0.2) is 0 Å². The van der Waals surface area contributed by atoms with Gasteiger partial charge in [0.1, 0.15) is 5.69 Å². The number of nitrogens with one attached hydrogen (secondary N) is 1. The molecule has 1 aromatic heterocycles. The van der Waals surface area contributed by atoms with Crippen molar-refractivity contribution in [1.29, 1.82) is 0 Å². The summed E-state index contributed by atoms with van der Waals surface area (Å²) in [5, 5.41) is 2.65. The van der Waals surface area contributed by atoms with E-state index in [1.807, 2.05) is 13.8 Å². The third kappa shape index (κ3) is 3.10. The van der Waals surface area contributed by atoms with Crippen molar-refractivity contribution in [3.05, 3.63) is 23.8 Å². The van der Waals surface area contributed by atoms with Gasteiger partial charge in [-0.3, -0.25) is 9.78 Å². The molecule has 0 spiro atoms. The monoisotopic (exact) mass is 194 g/mol. The summed E-state index contributed by atoms with van der Waals surface area (Å²) >= 11 is 0. The van der Waals surface area contributed by atoms with Gasteiger partial charge in [0.2, 0.25) is 0 Å². The minimum absolute atomic E-state index is 0.0580. The lowest BCUT2D eigenvalue weighted by Crippen LogP contribution is -2.35. The van der Waals surface area contributed by atoms with Crippen LogP contribution in [0.5, 0.6) is 0 Å². The summed E-state index contributed by atoms with van der Waals surface area (Å²) < 4.78 is 0. The predicted octanol–water partition coefficient (Wildman–Crippen LogP) is -0.138. The Morgan fingerprint density at radius 2 is 2.29 bits per heavy atom. The first kappa shape index (κ1) is 10.6. The number of hydrogen-bond donors (Lipinski definition) is 2. The third-order valence-electron chi connectivity index (χ3n) is 1.60. The van der Waals surface area contributed by atoms with Gasteiger partial charge in [-0.15, -0.1) is 0 Å². The van der Waals surface area contributed by atoms with Crippen molar-refractivity contribution in [2.45, 2.75) is 19.9 Å².